The molecule has 46 heavy (non-hydrogen) atoms. The molecule has 11 heteroatoms. The average molecular weight is 640 g/mol. The van der Waals surface area contributed by atoms with Gasteiger partial charge in [0.05, 0.1) is 11.5 Å². The molecule has 0 aromatic heterocycles. The van der Waals surface area contributed by atoms with Gasteiger partial charge in [-0.25, -0.2) is 4.79 Å². The van der Waals surface area contributed by atoms with Crippen molar-refractivity contribution in [1.29, 1.82) is 0 Å². The molecule has 0 bridgehead atoms. The SMILES string of the molecule is O=C(CC(Cc1cccc(C(F)(F)F)c1)C(=O)N1CCC(C2CCNCC2)CC1)N1CCC(N2Cc3ccccc3NC2=O)CC1. The highest BCUT2D eigenvalue weighted by Gasteiger charge is 2.37. The Balaban J connectivity index is 1.10. The van der Waals surface area contributed by atoms with E-state index in [1.165, 1.54) is 6.07 Å². The third-order valence-corrected chi connectivity index (χ3v) is 10.5. The van der Waals surface area contributed by atoms with Crippen LogP contribution in [-0.2, 0) is 28.7 Å². The van der Waals surface area contributed by atoms with Crippen molar-refractivity contribution in [3.63, 3.8) is 0 Å². The van der Waals surface area contributed by atoms with E-state index < -0.39 is 17.7 Å². The zero-order valence-corrected chi connectivity index (χ0v) is 26.2. The number of para-hydroxylation sites is 1. The van der Waals surface area contributed by atoms with Crippen molar-refractivity contribution in [2.24, 2.45) is 17.8 Å². The zero-order valence-electron chi connectivity index (χ0n) is 26.2. The van der Waals surface area contributed by atoms with E-state index in [0.717, 1.165) is 62.2 Å². The predicted molar refractivity (Wildman–Crippen MR) is 169 cm³/mol. The first-order valence-electron chi connectivity index (χ1n) is 16.7. The summed E-state index contributed by atoms with van der Waals surface area (Å²) in [6.07, 6.45) is 0.925. The van der Waals surface area contributed by atoms with Crippen molar-refractivity contribution in [2.45, 2.75) is 70.1 Å². The molecule has 2 N–H and O–H groups in total. The minimum absolute atomic E-state index is 0.0128. The van der Waals surface area contributed by atoms with Crippen LogP contribution in [0.25, 0.3) is 0 Å². The van der Waals surface area contributed by atoms with Gasteiger partial charge in [0.2, 0.25) is 11.8 Å². The molecule has 4 amide bonds. The normalized spacial score (nSPS) is 21.1. The van der Waals surface area contributed by atoms with E-state index in [4.69, 9.17) is 0 Å². The summed E-state index contributed by atoms with van der Waals surface area (Å²) in [5, 5.41) is 6.37. The summed E-state index contributed by atoms with van der Waals surface area (Å²) in [6, 6.07) is 12.7. The smallest absolute Gasteiger partial charge is 0.343 e. The molecule has 3 saturated heterocycles. The number of nitrogens with zero attached hydrogens (tertiary/aromatic N) is 3. The van der Waals surface area contributed by atoms with Gasteiger partial charge < -0.3 is 25.3 Å². The van der Waals surface area contributed by atoms with Crippen LogP contribution in [0.1, 0.15) is 61.6 Å². The van der Waals surface area contributed by atoms with E-state index in [9.17, 15) is 27.6 Å². The second kappa shape index (κ2) is 14.0. The summed E-state index contributed by atoms with van der Waals surface area (Å²) in [7, 11) is 0. The number of anilines is 1. The van der Waals surface area contributed by atoms with Crippen molar-refractivity contribution >= 4 is 23.5 Å². The maximum atomic E-state index is 14.0. The molecule has 0 spiro atoms. The molecule has 0 aliphatic carbocycles. The lowest BCUT2D eigenvalue weighted by atomic mass is 9.79. The number of benzene rings is 2. The molecule has 4 aliphatic rings. The molecule has 4 aliphatic heterocycles. The summed E-state index contributed by atoms with van der Waals surface area (Å²) in [6.45, 7) is 4.73. The van der Waals surface area contributed by atoms with Crippen LogP contribution in [0.4, 0.5) is 23.7 Å². The Bertz CT molecular complexity index is 1400. The molecule has 2 aromatic rings. The third kappa shape index (κ3) is 7.51. The van der Waals surface area contributed by atoms with Crippen LogP contribution >= 0.6 is 0 Å². The van der Waals surface area contributed by atoms with Gasteiger partial charge >= 0.3 is 12.2 Å². The molecular weight excluding hydrogens is 595 g/mol. The second-order valence-corrected chi connectivity index (χ2v) is 13.4. The van der Waals surface area contributed by atoms with E-state index in [1.807, 2.05) is 34.1 Å². The van der Waals surface area contributed by atoms with Gasteiger partial charge in [0.1, 0.15) is 0 Å². The maximum Gasteiger partial charge on any atom is 0.416 e. The van der Waals surface area contributed by atoms with E-state index in [-0.39, 0.29) is 36.7 Å². The molecule has 8 nitrogen and oxygen atoms in total. The van der Waals surface area contributed by atoms with Crippen LogP contribution in [0.3, 0.4) is 0 Å². The number of likely N-dealkylation sites (tertiary alicyclic amines) is 2. The van der Waals surface area contributed by atoms with Crippen molar-refractivity contribution in [3.8, 4) is 0 Å². The lowest BCUT2D eigenvalue weighted by Crippen LogP contribution is -2.51. The summed E-state index contributed by atoms with van der Waals surface area (Å²) in [4.78, 5) is 45.9. The Labute approximate surface area is 268 Å². The molecule has 3 fully saturated rings. The van der Waals surface area contributed by atoms with Gasteiger partial charge in [0, 0.05) is 50.9 Å². The fraction of sp³-hybridized carbons (Fsp3) is 0.571. The van der Waals surface area contributed by atoms with Gasteiger partial charge in [0.15, 0.2) is 0 Å². The van der Waals surface area contributed by atoms with Crippen LogP contribution in [0.15, 0.2) is 48.5 Å². The molecule has 0 saturated carbocycles. The molecule has 248 valence electrons. The Morgan fingerprint density at radius 1 is 0.848 bits per heavy atom. The Morgan fingerprint density at radius 3 is 2.24 bits per heavy atom. The zero-order chi connectivity index (χ0) is 32.3. The highest BCUT2D eigenvalue weighted by atomic mass is 19.4. The van der Waals surface area contributed by atoms with E-state index in [2.05, 4.69) is 10.6 Å². The average Bonchev–Trinajstić information content (AvgIpc) is 3.07. The van der Waals surface area contributed by atoms with Crippen LogP contribution in [-0.4, -0.2) is 77.9 Å². The van der Waals surface area contributed by atoms with Crippen molar-refractivity contribution in [1.82, 2.24) is 20.0 Å². The molecule has 0 radical (unpaired) electrons. The fourth-order valence-corrected chi connectivity index (χ4v) is 7.86. The van der Waals surface area contributed by atoms with E-state index in [0.29, 0.717) is 63.0 Å². The number of alkyl halides is 3. The summed E-state index contributed by atoms with van der Waals surface area (Å²) in [5.41, 5.74) is 1.53. The minimum atomic E-state index is -4.49. The van der Waals surface area contributed by atoms with Gasteiger partial charge in [-0.15, -0.1) is 0 Å². The maximum absolute atomic E-state index is 14.0. The minimum Gasteiger partial charge on any atom is -0.343 e. The standard InChI is InChI=1S/C35H44F3N5O3/c36-35(37,38)29-6-3-4-24(21-29)20-28(33(45)42-16-10-26(11-17-42)25-8-14-39-15-9-25)22-32(44)41-18-12-30(13-19-41)43-23-27-5-1-2-7-31(27)40-34(43)46/h1-7,21,25-26,28,30,39H,8-20,22-23H2,(H,40,46). The number of halogens is 3. The number of carbonyl (C=O) groups excluding carboxylic acids is 3. The predicted octanol–water partition coefficient (Wildman–Crippen LogP) is 5.53. The van der Waals surface area contributed by atoms with Crippen LogP contribution in [0, 0.1) is 17.8 Å². The van der Waals surface area contributed by atoms with Crippen LogP contribution < -0.4 is 10.6 Å². The monoisotopic (exact) mass is 639 g/mol. The summed E-state index contributed by atoms with van der Waals surface area (Å²) >= 11 is 0. The number of carbonyl (C=O) groups is 3. The van der Waals surface area contributed by atoms with E-state index >= 15 is 0 Å². The number of amides is 4. The van der Waals surface area contributed by atoms with Gasteiger partial charge in [-0.05, 0) is 93.1 Å². The highest BCUT2D eigenvalue weighted by molar-refractivity contribution is 5.92. The molecule has 1 atom stereocenters. The second-order valence-electron chi connectivity index (χ2n) is 13.4. The number of fused-ring (bicyclic) bond motifs is 1. The number of urea groups is 1. The molecular formula is C35H44F3N5O3. The Morgan fingerprint density at radius 2 is 1.52 bits per heavy atom. The van der Waals surface area contributed by atoms with Gasteiger partial charge in [-0.2, -0.15) is 13.2 Å². The quantitative estimate of drug-likeness (QED) is 0.418. The fourth-order valence-electron chi connectivity index (χ4n) is 7.86. The summed E-state index contributed by atoms with van der Waals surface area (Å²) < 4.78 is 40.5. The van der Waals surface area contributed by atoms with E-state index in [1.54, 1.807) is 11.0 Å². The number of hydrogen-bond donors (Lipinski definition) is 2. The van der Waals surface area contributed by atoms with Gasteiger partial charge in [-0.3, -0.25) is 9.59 Å². The highest BCUT2D eigenvalue weighted by Crippen LogP contribution is 2.34. The topological polar surface area (TPSA) is 85.0 Å². The van der Waals surface area contributed by atoms with Crippen molar-refractivity contribution < 1.29 is 27.6 Å². The lowest BCUT2D eigenvalue weighted by Gasteiger charge is -2.41. The first kappa shape index (κ1) is 32.3. The molecule has 4 heterocycles. The first-order chi connectivity index (χ1) is 22.2. The number of rotatable bonds is 7. The summed E-state index contributed by atoms with van der Waals surface area (Å²) in [5.74, 6) is 0.185. The largest absolute Gasteiger partial charge is 0.416 e. The third-order valence-electron chi connectivity index (χ3n) is 10.5. The Kier molecular flexibility index (Phi) is 9.86. The van der Waals surface area contributed by atoms with Crippen molar-refractivity contribution in [2.75, 3.05) is 44.6 Å². The Hall–Kier alpha value is -3.60. The van der Waals surface area contributed by atoms with Crippen molar-refractivity contribution in [3.05, 3.63) is 65.2 Å². The number of nitrogens with one attached hydrogen (secondary N) is 2. The van der Waals surface area contributed by atoms with Crippen LogP contribution in [0.2, 0.25) is 0 Å². The number of piperidine rings is 3. The van der Waals surface area contributed by atoms with Gasteiger partial charge in [-0.1, -0.05) is 36.4 Å². The van der Waals surface area contributed by atoms with Gasteiger partial charge in [0.25, 0.3) is 0 Å². The lowest BCUT2D eigenvalue weighted by molar-refractivity contribution is -0.143. The molecule has 2 aromatic carbocycles. The van der Waals surface area contributed by atoms with Crippen LogP contribution in [0.5, 0.6) is 0 Å². The molecule has 1 unspecified atom stereocenters. The molecule has 6 rings (SSSR count). The first-order valence-corrected chi connectivity index (χ1v) is 16.7. The number of hydrogen-bond acceptors (Lipinski definition) is 4.